The first-order valence-corrected chi connectivity index (χ1v) is 10.1. The molecule has 2 N–H and O–H groups in total. The summed E-state index contributed by atoms with van der Waals surface area (Å²) in [5, 5.41) is 5.94. The van der Waals surface area contributed by atoms with E-state index >= 15 is 0 Å². The molecule has 0 spiro atoms. The Morgan fingerprint density at radius 1 is 1.14 bits per heavy atom. The number of hydrogen-bond donors (Lipinski definition) is 1. The number of aryl methyl sites for hydroxylation is 1. The van der Waals surface area contributed by atoms with E-state index in [1.54, 1.807) is 19.1 Å². The predicted molar refractivity (Wildman–Crippen MR) is 104 cm³/mol. The van der Waals surface area contributed by atoms with Gasteiger partial charge in [0.15, 0.2) is 0 Å². The molecule has 7 nitrogen and oxygen atoms in total. The first-order chi connectivity index (χ1) is 13.1. The van der Waals surface area contributed by atoms with Gasteiger partial charge in [0.1, 0.15) is 17.1 Å². The molecule has 10 heteroatoms. The number of primary sulfonamides is 1. The molecule has 28 heavy (non-hydrogen) atoms. The van der Waals surface area contributed by atoms with E-state index in [1.165, 1.54) is 18.2 Å². The maximum atomic E-state index is 12.3. The van der Waals surface area contributed by atoms with Crippen LogP contribution in [0.2, 0.25) is 10.0 Å². The number of ether oxygens (including phenoxy) is 1. The quantitative estimate of drug-likeness (QED) is 0.489. The van der Waals surface area contributed by atoms with E-state index in [0.717, 1.165) is 11.6 Å². The van der Waals surface area contributed by atoms with Crippen molar-refractivity contribution in [2.24, 2.45) is 5.14 Å². The van der Waals surface area contributed by atoms with E-state index in [0.29, 0.717) is 21.6 Å². The summed E-state index contributed by atoms with van der Waals surface area (Å²) >= 11 is 11.9. The minimum atomic E-state index is -4.11. The zero-order valence-electron chi connectivity index (χ0n) is 14.4. The Morgan fingerprint density at radius 3 is 2.54 bits per heavy atom. The van der Waals surface area contributed by atoms with Crippen molar-refractivity contribution in [3.05, 3.63) is 73.6 Å². The van der Waals surface area contributed by atoms with Crippen molar-refractivity contribution in [2.75, 3.05) is 0 Å². The third-order valence-corrected chi connectivity index (χ3v) is 5.74. The first kappa shape index (κ1) is 20.3. The van der Waals surface area contributed by atoms with Crippen LogP contribution in [0, 0.1) is 6.92 Å². The highest BCUT2D eigenvalue weighted by Gasteiger charge is 2.18. The van der Waals surface area contributed by atoms with Crippen LogP contribution in [-0.2, 0) is 21.4 Å². The topological polar surface area (TPSA) is 117 Å². The van der Waals surface area contributed by atoms with Crippen molar-refractivity contribution >= 4 is 50.2 Å². The van der Waals surface area contributed by atoms with Crippen molar-refractivity contribution in [3.63, 3.8) is 0 Å². The number of fused-ring (bicyclic) bond motifs is 1. The van der Waals surface area contributed by atoms with Gasteiger partial charge in [-0.1, -0.05) is 23.2 Å². The monoisotopic (exact) mass is 441 g/mol. The maximum absolute atomic E-state index is 12.3. The lowest BCUT2D eigenvalue weighted by molar-refractivity contribution is 0.0473. The largest absolute Gasteiger partial charge is 0.457 e. The van der Waals surface area contributed by atoms with Crippen LogP contribution in [0.4, 0.5) is 0 Å². The average Bonchev–Trinajstić information content (AvgIpc) is 2.60. The molecule has 0 aliphatic heterocycles. The SMILES string of the molecule is Cc1cc2oc(=O)cc(COC(=O)c3ccc(Cl)c(S(N)(=O)=O)c3)c2cc1Cl. The lowest BCUT2D eigenvalue weighted by Crippen LogP contribution is -2.14. The minimum Gasteiger partial charge on any atom is -0.457 e. The van der Waals surface area contributed by atoms with E-state index < -0.39 is 26.5 Å². The summed E-state index contributed by atoms with van der Waals surface area (Å²) in [5.74, 6) is -0.818. The summed E-state index contributed by atoms with van der Waals surface area (Å²) in [7, 11) is -4.11. The van der Waals surface area contributed by atoms with E-state index in [4.69, 9.17) is 37.5 Å². The van der Waals surface area contributed by atoms with Crippen LogP contribution in [0.1, 0.15) is 21.5 Å². The summed E-state index contributed by atoms with van der Waals surface area (Å²) in [4.78, 5) is 23.7. The fraction of sp³-hybridized carbons (Fsp3) is 0.111. The molecule has 0 atom stereocenters. The van der Waals surface area contributed by atoms with Crippen LogP contribution >= 0.6 is 23.2 Å². The Kier molecular flexibility index (Phi) is 5.49. The van der Waals surface area contributed by atoms with Crippen LogP contribution in [0.15, 0.2) is 50.5 Å². The molecular formula is C18H13Cl2NO6S. The fourth-order valence-electron chi connectivity index (χ4n) is 2.54. The number of benzene rings is 2. The Hall–Kier alpha value is -2.39. The van der Waals surface area contributed by atoms with Gasteiger partial charge in [-0.05, 0) is 42.8 Å². The Balaban J connectivity index is 1.92. The highest BCUT2D eigenvalue weighted by molar-refractivity contribution is 7.89. The molecule has 2 aromatic carbocycles. The Labute approximate surface area is 169 Å². The molecule has 0 aliphatic rings. The van der Waals surface area contributed by atoms with Gasteiger partial charge in [0.2, 0.25) is 10.0 Å². The molecule has 3 aromatic rings. The molecule has 1 aromatic heterocycles. The number of halogens is 2. The molecule has 1 heterocycles. The van der Waals surface area contributed by atoms with Crippen molar-refractivity contribution < 1.29 is 22.4 Å². The van der Waals surface area contributed by atoms with Gasteiger partial charge in [0.05, 0.1) is 10.6 Å². The number of hydrogen-bond acceptors (Lipinski definition) is 6. The van der Waals surface area contributed by atoms with Crippen LogP contribution in [-0.4, -0.2) is 14.4 Å². The lowest BCUT2D eigenvalue weighted by atomic mass is 10.1. The van der Waals surface area contributed by atoms with E-state index in [2.05, 4.69) is 0 Å². The summed E-state index contributed by atoms with van der Waals surface area (Å²) in [6.07, 6.45) is 0. The standard InChI is InChI=1S/C18H13Cl2NO6S/c1-9-4-15-12(7-14(9)20)11(6-17(22)27-15)8-26-18(23)10-2-3-13(19)16(5-10)28(21,24)25/h2-7H,8H2,1H3,(H2,21,24,25). The highest BCUT2D eigenvalue weighted by Crippen LogP contribution is 2.26. The van der Waals surface area contributed by atoms with E-state index in [-0.39, 0.29) is 17.2 Å². The number of rotatable bonds is 4. The third kappa shape index (κ3) is 4.20. The van der Waals surface area contributed by atoms with Crippen LogP contribution in [0.3, 0.4) is 0 Å². The van der Waals surface area contributed by atoms with Crippen LogP contribution < -0.4 is 10.8 Å². The fourth-order valence-corrected chi connectivity index (χ4v) is 3.78. The second-order valence-corrected chi connectivity index (χ2v) is 8.30. The van der Waals surface area contributed by atoms with Gasteiger partial charge in [-0.25, -0.2) is 23.1 Å². The lowest BCUT2D eigenvalue weighted by Gasteiger charge is -2.09. The summed E-state index contributed by atoms with van der Waals surface area (Å²) in [6, 6.07) is 7.97. The van der Waals surface area contributed by atoms with Crippen LogP contribution in [0.25, 0.3) is 11.0 Å². The first-order valence-electron chi connectivity index (χ1n) is 7.78. The molecule has 0 bridgehead atoms. The van der Waals surface area contributed by atoms with Crippen molar-refractivity contribution in [1.29, 1.82) is 0 Å². The number of carbonyl (C=O) groups excluding carboxylic acids is 1. The van der Waals surface area contributed by atoms with Crippen molar-refractivity contribution in [2.45, 2.75) is 18.4 Å². The Bertz CT molecular complexity index is 1270. The maximum Gasteiger partial charge on any atom is 0.338 e. The van der Waals surface area contributed by atoms with Crippen LogP contribution in [0.5, 0.6) is 0 Å². The van der Waals surface area contributed by atoms with Crippen molar-refractivity contribution in [3.8, 4) is 0 Å². The van der Waals surface area contributed by atoms with Gasteiger partial charge < -0.3 is 9.15 Å². The summed E-state index contributed by atoms with van der Waals surface area (Å²) in [5.41, 5.74) is 0.756. The average molecular weight is 442 g/mol. The van der Waals surface area contributed by atoms with Gasteiger partial charge in [0.25, 0.3) is 0 Å². The van der Waals surface area contributed by atoms with Crippen molar-refractivity contribution in [1.82, 2.24) is 0 Å². The molecule has 0 aliphatic carbocycles. The second kappa shape index (κ2) is 7.56. The summed E-state index contributed by atoms with van der Waals surface area (Å²) < 4.78 is 33.4. The molecule has 0 amide bonds. The predicted octanol–water partition coefficient (Wildman–Crippen LogP) is 3.41. The molecule has 0 fully saturated rings. The molecule has 0 radical (unpaired) electrons. The zero-order valence-corrected chi connectivity index (χ0v) is 16.7. The highest BCUT2D eigenvalue weighted by atomic mass is 35.5. The van der Waals surface area contributed by atoms with E-state index in [9.17, 15) is 18.0 Å². The number of carbonyl (C=O) groups is 1. The molecule has 0 saturated carbocycles. The normalized spacial score (nSPS) is 11.6. The number of nitrogens with two attached hydrogens (primary N) is 1. The summed E-state index contributed by atoms with van der Waals surface area (Å²) in [6.45, 7) is 1.51. The molecular weight excluding hydrogens is 429 g/mol. The molecule has 0 unspecified atom stereocenters. The Morgan fingerprint density at radius 2 is 1.86 bits per heavy atom. The molecule has 146 valence electrons. The van der Waals surface area contributed by atoms with E-state index in [1.807, 2.05) is 0 Å². The van der Waals surface area contributed by atoms with Gasteiger partial charge in [0, 0.05) is 22.0 Å². The zero-order chi connectivity index (χ0) is 20.6. The minimum absolute atomic E-state index is 0.0606. The smallest absolute Gasteiger partial charge is 0.338 e. The molecule has 0 saturated heterocycles. The number of sulfonamides is 1. The molecule has 3 rings (SSSR count). The van der Waals surface area contributed by atoms with Gasteiger partial charge in [-0.15, -0.1) is 0 Å². The van der Waals surface area contributed by atoms with Gasteiger partial charge >= 0.3 is 11.6 Å². The van der Waals surface area contributed by atoms with Gasteiger partial charge in [-0.2, -0.15) is 0 Å². The van der Waals surface area contributed by atoms with Gasteiger partial charge in [-0.3, -0.25) is 0 Å². The third-order valence-electron chi connectivity index (χ3n) is 3.94. The second-order valence-electron chi connectivity index (χ2n) is 5.95. The number of esters is 1.